The van der Waals surface area contributed by atoms with Gasteiger partial charge in [-0.15, -0.1) is 0 Å². The number of carbonyl (C=O) groups is 2. The molecule has 0 saturated heterocycles. The van der Waals surface area contributed by atoms with Gasteiger partial charge >= 0.3 is 5.97 Å². The van der Waals surface area contributed by atoms with Crippen molar-refractivity contribution in [2.24, 2.45) is 5.92 Å². The molecule has 0 aliphatic heterocycles. The van der Waals surface area contributed by atoms with Crippen LogP contribution >= 0.6 is 0 Å². The van der Waals surface area contributed by atoms with Gasteiger partial charge in [-0.3, -0.25) is 9.59 Å². The first-order chi connectivity index (χ1) is 8.58. The highest BCUT2D eigenvalue weighted by molar-refractivity contribution is 5.73. The van der Waals surface area contributed by atoms with Gasteiger partial charge in [0, 0.05) is 25.9 Å². The topological polar surface area (TPSA) is 46.6 Å². The zero-order valence-electron chi connectivity index (χ0n) is 11.8. The highest BCUT2D eigenvalue weighted by Gasteiger charge is 2.27. The molecule has 1 aliphatic rings. The highest BCUT2D eigenvalue weighted by atomic mass is 16.5. The van der Waals surface area contributed by atoms with Crippen molar-refractivity contribution in [3.63, 3.8) is 0 Å². The molecule has 0 radical (unpaired) electrons. The Kier molecular flexibility index (Phi) is 6.16. The lowest BCUT2D eigenvalue weighted by Crippen LogP contribution is -2.41. The number of esters is 1. The summed E-state index contributed by atoms with van der Waals surface area (Å²) in [4.78, 5) is 24.8. The monoisotopic (exact) mass is 255 g/mol. The van der Waals surface area contributed by atoms with E-state index in [9.17, 15) is 9.59 Å². The lowest BCUT2D eigenvalue weighted by molar-refractivity contribution is -0.145. The normalized spacial score (nSPS) is 23.5. The first kappa shape index (κ1) is 15.0. The molecular weight excluding hydrogens is 230 g/mol. The molecule has 1 aliphatic carbocycles. The number of carbonyl (C=O) groups excluding carboxylic acids is 2. The van der Waals surface area contributed by atoms with Crippen molar-refractivity contribution in [1.29, 1.82) is 0 Å². The van der Waals surface area contributed by atoms with Crippen molar-refractivity contribution in [3.05, 3.63) is 0 Å². The van der Waals surface area contributed by atoms with Crippen molar-refractivity contribution >= 4 is 11.9 Å². The van der Waals surface area contributed by atoms with Crippen molar-refractivity contribution < 1.29 is 14.3 Å². The molecule has 0 atom stereocenters. The molecule has 104 valence electrons. The van der Waals surface area contributed by atoms with Crippen LogP contribution in [0.5, 0.6) is 0 Å². The van der Waals surface area contributed by atoms with Crippen LogP contribution in [0, 0.1) is 5.92 Å². The molecule has 4 heteroatoms. The molecule has 4 nitrogen and oxygen atoms in total. The second-order valence-corrected chi connectivity index (χ2v) is 4.99. The van der Waals surface area contributed by atoms with Crippen LogP contribution in [0.1, 0.15) is 52.9 Å². The minimum atomic E-state index is -0.0835. The average molecular weight is 255 g/mol. The summed E-state index contributed by atoms with van der Waals surface area (Å²) < 4.78 is 4.97. The van der Waals surface area contributed by atoms with Gasteiger partial charge in [0.2, 0.25) is 5.91 Å². The van der Waals surface area contributed by atoms with E-state index in [1.165, 1.54) is 0 Å². The molecule has 1 saturated carbocycles. The van der Waals surface area contributed by atoms with E-state index in [4.69, 9.17) is 4.74 Å². The molecule has 0 spiro atoms. The van der Waals surface area contributed by atoms with E-state index in [1.807, 2.05) is 18.7 Å². The van der Waals surface area contributed by atoms with E-state index < -0.39 is 0 Å². The summed E-state index contributed by atoms with van der Waals surface area (Å²) in [5.74, 6) is 0.511. The third-order valence-corrected chi connectivity index (χ3v) is 3.76. The molecule has 18 heavy (non-hydrogen) atoms. The number of hydrogen-bond donors (Lipinski definition) is 0. The van der Waals surface area contributed by atoms with Gasteiger partial charge in [0.25, 0.3) is 0 Å². The van der Waals surface area contributed by atoms with Gasteiger partial charge in [-0.05, 0) is 45.4 Å². The minimum Gasteiger partial charge on any atom is -0.466 e. The second-order valence-electron chi connectivity index (χ2n) is 4.99. The zero-order valence-corrected chi connectivity index (χ0v) is 11.8. The predicted octanol–water partition coefficient (Wildman–Crippen LogP) is 2.37. The zero-order chi connectivity index (χ0) is 13.5. The standard InChI is InChI=1S/C14H25NO3/c1-4-15(11(3)16)13-8-6-12(7-9-13)10-14(17)18-5-2/h12-13H,4-10H2,1-3H3. The summed E-state index contributed by atoms with van der Waals surface area (Å²) in [6.45, 7) is 6.73. The Labute approximate surface area is 110 Å². The van der Waals surface area contributed by atoms with E-state index in [2.05, 4.69) is 0 Å². The van der Waals surface area contributed by atoms with Crippen LogP contribution in [-0.2, 0) is 14.3 Å². The average Bonchev–Trinajstić information content (AvgIpc) is 2.32. The SMILES string of the molecule is CCOC(=O)CC1CCC(N(CC)C(C)=O)CC1. The Morgan fingerprint density at radius 3 is 2.22 bits per heavy atom. The van der Waals surface area contributed by atoms with Gasteiger partial charge in [0.05, 0.1) is 6.61 Å². The van der Waals surface area contributed by atoms with E-state index >= 15 is 0 Å². The number of rotatable bonds is 5. The van der Waals surface area contributed by atoms with Crippen LogP contribution < -0.4 is 0 Å². The maximum Gasteiger partial charge on any atom is 0.306 e. The van der Waals surface area contributed by atoms with Gasteiger partial charge < -0.3 is 9.64 Å². The Balaban J connectivity index is 2.36. The first-order valence-corrected chi connectivity index (χ1v) is 7.01. The fraction of sp³-hybridized carbons (Fsp3) is 0.857. The fourth-order valence-corrected chi connectivity index (χ4v) is 2.85. The Morgan fingerprint density at radius 2 is 1.78 bits per heavy atom. The lowest BCUT2D eigenvalue weighted by Gasteiger charge is -2.35. The molecule has 0 aromatic rings. The molecule has 0 bridgehead atoms. The van der Waals surface area contributed by atoms with Crippen LogP contribution in [-0.4, -0.2) is 36.0 Å². The smallest absolute Gasteiger partial charge is 0.306 e. The third-order valence-electron chi connectivity index (χ3n) is 3.76. The molecule has 0 N–H and O–H groups in total. The number of amides is 1. The highest BCUT2D eigenvalue weighted by Crippen LogP contribution is 2.29. The second kappa shape index (κ2) is 7.39. The molecule has 0 unspecified atom stereocenters. The first-order valence-electron chi connectivity index (χ1n) is 7.01. The van der Waals surface area contributed by atoms with Crippen LogP contribution in [0.4, 0.5) is 0 Å². The van der Waals surface area contributed by atoms with Crippen LogP contribution in [0.15, 0.2) is 0 Å². The molecule has 0 aromatic carbocycles. The van der Waals surface area contributed by atoms with Gasteiger partial charge in [-0.25, -0.2) is 0 Å². The van der Waals surface area contributed by atoms with Crippen LogP contribution in [0.3, 0.4) is 0 Å². The summed E-state index contributed by atoms with van der Waals surface area (Å²) in [5, 5.41) is 0. The summed E-state index contributed by atoms with van der Waals surface area (Å²) in [5.41, 5.74) is 0. The van der Waals surface area contributed by atoms with Crippen molar-refractivity contribution in [2.45, 2.75) is 58.9 Å². The van der Waals surface area contributed by atoms with E-state index in [0.29, 0.717) is 25.0 Å². The van der Waals surface area contributed by atoms with Crippen molar-refractivity contribution in [2.75, 3.05) is 13.2 Å². The van der Waals surface area contributed by atoms with E-state index in [0.717, 1.165) is 32.2 Å². The summed E-state index contributed by atoms with van der Waals surface area (Å²) in [6, 6.07) is 0.367. The van der Waals surface area contributed by atoms with E-state index in [1.54, 1.807) is 6.92 Å². The summed E-state index contributed by atoms with van der Waals surface area (Å²) >= 11 is 0. The summed E-state index contributed by atoms with van der Waals surface area (Å²) in [6.07, 6.45) is 4.60. The largest absolute Gasteiger partial charge is 0.466 e. The van der Waals surface area contributed by atoms with Gasteiger partial charge in [-0.2, -0.15) is 0 Å². The Hall–Kier alpha value is -1.06. The van der Waals surface area contributed by atoms with Crippen LogP contribution in [0.2, 0.25) is 0 Å². The number of ether oxygens (including phenoxy) is 1. The Morgan fingerprint density at radius 1 is 1.17 bits per heavy atom. The molecule has 0 aromatic heterocycles. The Bertz CT molecular complexity index is 283. The third kappa shape index (κ3) is 4.31. The molecule has 1 amide bonds. The van der Waals surface area contributed by atoms with Crippen molar-refractivity contribution in [3.8, 4) is 0 Å². The fourth-order valence-electron chi connectivity index (χ4n) is 2.85. The number of nitrogens with zero attached hydrogens (tertiary/aromatic N) is 1. The molecule has 0 heterocycles. The van der Waals surface area contributed by atoms with Gasteiger partial charge in [0.15, 0.2) is 0 Å². The van der Waals surface area contributed by atoms with Gasteiger partial charge in [-0.1, -0.05) is 0 Å². The maximum absolute atomic E-state index is 11.5. The van der Waals surface area contributed by atoms with Gasteiger partial charge in [0.1, 0.15) is 0 Å². The molecule has 1 fully saturated rings. The minimum absolute atomic E-state index is 0.0835. The number of hydrogen-bond acceptors (Lipinski definition) is 3. The summed E-state index contributed by atoms with van der Waals surface area (Å²) in [7, 11) is 0. The van der Waals surface area contributed by atoms with Crippen LogP contribution in [0.25, 0.3) is 0 Å². The molecular formula is C14H25NO3. The van der Waals surface area contributed by atoms with E-state index in [-0.39, 0.29) is 11.9 Å². The van der Waals surface area contributed by atoms with Crippen molar-refractivity contribution in [1.82, 2.24) is 4.90 Å². The molecule has 1 rings (SSSR count). The lowest BCUT2D eigenvalue weighted by atomic mass is 9.83. The quantitative estimate of drug-likeness (QED) is 0.708. The maximum atomic E-state index is 11.5. The predicted molar refractivity (Wildman–Crippen MR) is 70.1 cm³/mol.